The quantitative estimate of drug-likeness (QED) is 0.469. The molecule has 0 heterocycles. The summed E-state index contributed by atoms with van der Waals surface area (Å²) in [7, 11) is 1.87. The normalized spacial score (nSPS) is 9.00. The van der Waals surface area contributed by atoms with Gasteiger partial charge in [0.15, 0.2) is 0 Å². The first-order valence-corrected chi connectivity index (χ1v) is 3.80. The number of likely N-dealkylation sites (N-methyl/N-ethyl adjacent to an activating group) is 1. The van der Waals surface area contributed by atoms with E-state index in [-0.39, 0.29) is 5.97 Å². The van der Waals surface area contributed by atoms with Crippen molar-refractivity contribution in [1.29, 1.82) is 0 Å². The summed E-state index contributed by atoms with van der Waals surface area (Å²) in [5, 5.41) is 0. The van der Waals surface area contributed by atoms with Gasteiger partial charge in [0.05, 0.1) is 11.5 Å². The molecule has 4 heteroatoms. The number of hydrogen-bond donors (Lipinski definition) is 0. The largest absolute Gasteiger partial charge is 0.464 e. The van der Waals surface area contributed by atoms with Crippen LogP contribution in [0.2, 0.25) is 0 Å². The summed E-state index contributed by atoms with van der Waals surface area (Å²) in [4.78, 5) is 13.0. The zero-order chi connectivity index (χ0) is 8.85. The molecule has 0 aliphatic rings. The Morgan fingerprint density at radius 2 is 2.09 bits per heavy atom. The number of carbonyl (C=O) groups excluding carboxylic acids is 1. The van der Waals surface area contributed by atoms with Gasteiger partial charge in [-0.05, 0) is 6.92 Å². The first kappa shape index (κ1) is 10.4. The highest BCUT2D eigenvalue weighted by Crippen LogP contribution is 1.86. The maximum absolute atomic E-state index is 10.3. The summed E-state index contributed by atoms with van der Waals surface area (Å²) in [6.07, 6.45) is 0. The van der Waals surface area contributed by atoms with E-state index in [1.54, 1.807) is 0 Å². The second-order valence-corrected chi connectivity index (χ2v) is 2.87. The van der Waals surface area contributed by atoms with Crippen molar-refractivity contribution in [2.24, 2.45) is 0 Å². The van der Waals surface area contributed by atoms with Crippen molar-refractivity contribution in [3.63, 3.8) is 0 Å². The van der Waals surface area contributed by atoms with Crippen LogP contribution in [-0.4, -0.2) is 36.1 Å². The van der Waals surface area contributed by atoms with Gasteiger partial charge in [0.2, 0.25) is 0 Å². The smallest absolute Gasteiger partial charge is 0.302 e. The minimum atomic E-state index is -0.250. The molecule has 0 fully saturated rings. The van der Waals surface area contributed by atoms with Gasteiger partial charge >= 0.3 is 5.97 Å². The molecule has 64 valence electrons. The lowest BCUT2D eigenvalue weighted by molar-refractivity contribution is -0.141. The highest BCUT2D eigenvalue weighted by Gasteiger charge is 1.98. The second-order valence-electron chi connectivity index (χ2n) is 2.28. The molecular formula is C7H13NO2S. The van der Waals surface area contributed by atoms with Crippen LogP contribution in [0, 0.1) is 0 Å². The Morgan fingerprint density at radius 1 is 1.55 bits per heavy atom. The zero-order valence-electron chi connectivity index (χ0n) is 7.09. The van der Waals surface area contributed by atoms with Crippen LogP contribution in [0.5, 0.6) is 0 Å². The molecule has 0 unspecified atom stereocenters. The van der Waals surface area contributed by atoms with Gasteiger partial charge in [0, 0.05) is 14.0 Å². The fourth-order valence-corrected chi connectivity index (χ4v) is 0.575. The maximum atomic E-state index is 10.3. The van der Waals surface area contributed by atoms with E-state index in [2.05, 4.69) is 0 Å². The molecule has 0 aromatic heterocycles. The predicted octanol–water partition coefficient (Wildman–Crippen LogP) is 0.829. The highest BCUT2D eigenvalue weighted by molar-refractivity contribution is 7.80. The topological polar surface area (TPSA) is 29.5 Å². The van der Waals surface area contributed by atoms with Gasteiger partial charge in [-0.15, -0.1) is 0 Å². The molecule has 0 spiro atoms. The van der Waals surface area contributed by atoms with Gasteiger partial charge in [0.1, 0.15) is 6.61 Å². The van der Waals surface area contributed by atoms with Crippen LogP contribution < -0.4 is 0 Å². The Bertz CT molecular complexity index is 159. The Hall–Kier alpha value is -0.640. The zero-order valence-corrected chi connectivity index (χ0v) is 7.90. The number of hydrogen-bond acceptors (Lipinski definition) is 3. The summed E-state index contributed by atoms with van der Waals surface area (Å²) in [5.74, 6) is -0.250. The van der Waals surface area contributed by atoms with Crippen LogP contribution >= 0.6 is 12.2 Å². The van der Waals surface area contributed by atoms with Crippen LogP contribution in [0.1, 0.15) is 13.8 Å². The SMILES string of the molecule is CC(=O)OCCN(C)C(C)=S. The molecule has 0 radical (unpaired) electrons. The van der Waals surface area contributed by atoms with E-state index in [9.17, 15) is 4.79 Å². The number of carbonyl (C=O) groups is 1. The molecule has 0 bridgehead atoms. The molecule has 0 aliphatic heterocycles. The van der Waals surface area contributed by atoms with Gasteiger partial charge < -0.3 is 9.64 Å². The van der Waals surface area contributed by atoms with Crippen molar-refractivity contribution in [2.45, 2.75) is 13.8 Å². The van der Waals surface area contributed by atoms with Crippen LogP contribution in [0.25, 0.3) is 0 Å². The highest BCUT2D eigenvalue weighted by atomic mass is 32.1. The second kappa shape index (κ2) is 5.07. The fraction of sp³-hybridized carbons (Fsp3) is 0.714. The minimum Gasteiger partial charge on any atom is -0.464 e. The Balaban J connectivity index is 3.39. The van der Waals surface area contributed by atoms with E-state index in [1.807, 2.05) is 18.9 Å². The first-order chi connectivity index (χ1) is 5.04. The lowest BCUT2D eigenvalue weighted by atomic mass is 10.5. The van der Waals surface area contributed by atoms with E-state index in [0.29, 0.717) is 13.2 Å². The Morgan fingerprint density at radius 3 is 2.45 bits per heavy atom. The molecule has 0 amide bonds. The van der Waals surface area contributed by atoms with E-state index in [1.165, 1.54) is 6.92 Å². The third-order valence-electron chi connectivity index (χ3n) is 1.27. The molecule has 11 heavy (non-hydrogen) atoms. The minimum absolute atomic E-state index is 0.250. The van der Waals surface area contributed by atoms with Crippen molar-refractivity contribution < 1.29 is 9.53 Å². The van der Waals surface area contributed by atoms with Gasteiger partial charge in [-0.1, -0.05) is 12.2 Å². The summed E-state index contributed by atoms with van der Waals surface area (Å²) >= 11 is 4.88. The van der Waals surface area contributed by atoms with Crippen molar-refractivity contribution in [3.05, 3.63) is 0 Å². The summed E-state index contributed by atoms with van der Waals surface area (Å²) in [6, 6.07) is 0. The van der Waals surface area contributed by atoms with E-state index >= 15 is 0 Å². The van der Waals surface area contributed by atoms with Crippen molar-refractivity contribution in [2.75, 3.05) is 20.2 Å². The number of thiocarbonyl (C=S) groups is 1. The van der Waals surface area contributed by atoms with Crippen molar-refractivity contribution >= 4 is 23.2 Å². The number of ether oxygens (including phenoxy) is 1. The van der Waals surface area contributed by atoms with Gasteiger partial charge in [-0.25, -0.2) is 0 Å². The van der Waals surface area contributed by atoms with E-state index in [0.717, 1.165) is 4.99 Å². The molecule has 0 aliphatic carbocycles. The monoisotopic (exact) mass is 175 g/mol. The fourth-order valence-electron chi connectivity index (χ4n) is 0.484. The average molecular weight is 175 g/mol. The summed E-state index contributed by atoms with van der Waals surface area (Å²) in [6.45, 7) is 4.29. The van der Waals surface area contributed by atoms with E-state index in [4.69, 9.17) is 17.0 Å². The standard InChI is InChI=1S/C7H13NO2S/c1-6(11)8(3)4-5-10-7(2)9/h4-5H2,1-3H3. The third-order valence-corrected chi connectivity index (χ3v) is 1.58. The van der Waals surface area contributed by atoms with E-state index < -0.39 is 0 Å². The predicted molar refractivity (Wildman–Crippen MR) is 47.5 cm³/mol. The molecule has 0 rings (SSSR count). The molecule has 3 nitrogen and oxygen atoms in total. The van der Waals surface area contributed by atoms with Crippen LogP contribution in [0.4, 0.5) is 0 Å². The van der Waals surface area contributed by atoms with Crippen LogP contribution in [0.15, 0.2) is 0 Å². The molecule has 0 aromatic rings. The van der Waals surface area contributed by atoms with Crippen molar-refractivity contribution in [3.8, 4) is 0 Å². The summed E-state index contributed by atoms with van der Waals surface area (Å²) < 4.78 is 4.72. The third kappa shape index (κ3) is 5.79. The molecule has 0 atom stereocenters. The summed E-state index contributed by atoms with van der Waals surface area (Å²) in [5.41, 5.74) is 0. The lowest BCUT2D eigenvalue weighted by Crippen LogP contribution is -2.27. The molecule has 0 N–H and O–H groups in total. The van der Waals surface area contributed by atoms with Crippen molar-refractivity contribution in [1.82, 2.24) is 4.90 Å². The number of esters is 1. The molecule has 0 saturated heterocycles. The van der Waals surface area contributed by atoms with Gasteiger partial charge in [-0.2, -0.15) is 0 Å². The van der Waals surface area contributed by atoms with Crippen LogP contribution in [0.3, 0.4) is 0 Å². The van der Waals surface area contributed by atoms with Gasteiger partial charge in [-0.3, -0.25) is 4.79 Å². The number of nitrogens with zero attached hydrogens (tertiary/aromatic N) is 1. The molecular weight excluding hydrogens is 162 g/mol. The van der Waals surface area contributed by atoms with Gasteiger partial charge in [0.25, 0.3) is 0 Å². The molecule has 0 saturated carbocycles. The lowest BCUT2D eigenvalue weighted by Gasteiger charge is -2.16. The first-order valence-electron chi connectivity index (χ1n) is 3.39. The Labute approximate surface area is 72.3 Å². The average Bonchev–Trinajstić information content (AvgIpc) is 1.86. The number of rotatable bonds is 3. The molecule has 0 aromatic carbocycles. The maximum Gasteiger partial charge on any atom is 0.302 e. The van der Waals surface area contributed by atoms with Crippen LogP contribution in [-0.2, 0) is 9.53 Å². The Kier molecular flexibility index (Phi) is 4.77.